The van der Waals surface area contributed by atoms with Gasteiger partial charge in [0.2, 0.25) is 5.78 Å². The van der Waals surface area contributed by atoms with Crippen LogP contribution in [0.5, 0.6) is 0 Å². The van der Waals surface area contributed by atoms with Crippen molar-refractivity contribution in [2.75, 3.05) is 0 Å². The second-order valence-electron chi connectivity index (χ2n) is 10.1. The first-order chi connectivity index (χ1) is 16.1. The molecule has 1 fully saturated rings. The fraction of sp³-hybridized carbons (Fsp3) is 0.423. The van der Waals surface area contributed by atoms with Gasteiger partial charge in [-0.3, -0.25) is 9.78 Å². The summed E-state index contributed by atoms with van der Waals surface area (Å²) in [6, 6.07) is 8.99. The first-order valence-corrected chi connectivity index (χ1v) is 11.6. The summed E-state index contributed by atoms with van der Waals surface area (Å²) >= 11 is 0. The summed E-state index contributed by atoms with van der Waals surface area (Å²) < 4.78 is 7.29. The van der Waals surface area contributed by atoms with Gasteiger partial charge in [0, 0.05) is 12.1 Å². The average Bonchev–Trinajstić information content (AvgIpc) is 3.48. The number of carbonyl (C=O) groups is 2. The van der Waals surface area contributed by atoms with E-state index in [1.807, 2.05) is 46.8 Å². The van der Waals surface area contributed by atoms with Gasteiger partial charge in [0.15, 0.2) is 0 Å². The lowest BCUT2D eigenvalue weighted by Crippen LogP contribution is -2.28. The molecule has 0 spiro atoms. The molecule has 1 saturated carbocycles. The van der Waals surface area contributed by atoms with Crippen LogP contribution in [0.1, 0.15) is 86.7 Å². The molecule has 0 bridgehead atoms. The Morgan fingerprint density at radius 2 is 1.94 bits per heavy atom. The number of hydrogen-bond donors (Lipinski definition) is 0. The van der Waals surface area contributed by atoms with E-state index in [4.69, 9.17) is 14.6 Å². The standard InChI is InChI=1S/C26H28N4O4/c1-14-21(15(2)34-29-14)17-12-18(23(31)19-8-6-7-11-27-19)22-20(13-17)30(24(28-22)16-9-10-16)25(32)33-26(3,4)5/h6-8,11-13,15-16,21H,9-10H2,1-5H3. The molecule has 8 nitrogen and oxygen atoms in total. The summed E-state index contributed by atoms with van der Waals surface area (Å²) in [7, 11) is 0. The number of pyridine rings is 1. The zero-order chi connectivity index (χ0) is 24.2. The Balaban J connectivity index is 1.76. The number of rotatable bonds is 4. The summed E-state index contributed by atoms with van der Waals surface area (Å²) in [6.07, 6.45) is 2.79. The van der Waals surface area contributed by atoms with Crippen molar-refractivity contribution >= 4 is 28.6 Å². The molecule has 0 radical (unpaired) electrons. The molecule has 2 aliphatic rings. The summed E-state index contributed by atoms with van der Waals surface area (Å²) in [4.78, 5) is 41.5. The predicted octanol–water partition coefficient (Wildman–Crippen LogP) is 5.20. The van der Waals surface area contributed by atoms with Crippen LogP contribution in [0.4, 0.5) is 4.79 Å². The van der Waals surface area contributed by atoms with Gasteiger partial charge in [0.1, 0.15) is 28.7 Å². The number of imidazole rings is 1. The molecule has 2 atom stereocenters. The monoisotopic (exact) mass is 460 g/mol. The number of ketones is 1. The van der Waals surface area contributed by atoms with E-state index in [9.17, 15) is 9.59 Å². The minimum absolute atomic E-state index is 0.147. The molecule has 2 aromatic heterocycles. The molecule has 3 heterocycles. The van der Waals surface area contributed by atoms with Gasteiger partial charge in [-0.2, -0.15) is 0 Å². The molecule has 1 aliphatic heterocycles. The van der Waals surface area contributed by atoms with Crippen LogP contribution in [0.25, 0.3) is 11.0 Å². The van der Waals surface area contributed by atoms with Crippen molar-refractivity contribution in [1.29, 1.82) is 0 Å². The maximum absolute atomic E-state index is 13.6. The minimum Gasteiger partial charge on any atom is -0.443 e. The van der Waals surface area contributed by atoms with Crippen LogP contribution in [0.15, 0.2) is 41.7 Å². The molecule has 176 valence electrons. The number of benzene rings is 1. The van der Waals surface area contributed by atoms with Crippen LogP contribution >= 0.6 is 0 Å². The van der Waals surface area contributed by atoms with Crippen molar-refractivity contribution in [3.63, 3.8) is 0 Å². The zero-order valence-corrected chi connectivity index (χ0v) is 20.0. The number of oxime groups is 1. The lowest BCUT2D eigenvalue weighted by Gasteiger charge is -2.21. The van der Waals surface area contributed by atoms with Gasteiger partial charge in [0.25, 0.3) is 0 Å². The molecule has 34 heavy (non-hydrogen) atoms. The van der Waals surface area contributed by atoms with Gasteiger partial charge in [-0.15, -0.1) is 0 Å². The van der Waals surface area contributed by atoms with E-state index >= 15 is 0 Å². The molecular formula is C26H28N4O4. The lowest BCUT2D eigenvalue weighted by atomic mass is 9.88. The minimum atomic E-state index is -0.671. The number of nitrogens with zero attached hydrogens (tertiary/aromatic N) is 4. The van der Waals surface area contributed by atoms with Gasteiger partial charge >= 0.3 is 6.09 Å². The van der Waals surface area contributed by atoms with Crippen LogP contribution in [0, 0.1) is 0 Å². The molecule has 0 saturated heterocycles. The third-order valence-electron chi connectivity index (χ3n) is 6.11. The normalized spacial score (nSPS) is 20.2. The highest BCUT2D eigenvalue weighted by molar-refractivity contribution is 6.15. The van der Waals surface area contributed by atoms with Crippen molar-refractivity contribution in [2.45, 2.75) is 71.0 Å². The van der Waals surface area contributed by atoms with Crippen molar-refractivity contribution in [1.82, 2.24) is 14.5 Å². The van der Waals surface area contributed by atoms with Gasteiger partial charge in [0.05, 0.1) is 22.7 Å². The number of carbonyl (C=O) groups excluding carboxylic acids is 2. The molecule has 1 aliphatic carbocycles. The van der Waals surface area contributed by atoms with Crippen LogP contribution in [-0.4, -0.2) is 43.8 Å². The summed E-state index contributed by atoms with van der Waals surface area (Å²) in [6.45, 7) is 9.34. The molecule has 8 heteroatoms. The summed E-state index contributed by atoms with van der Waals surface area (Å²) in [5, 5.41) is 4.14. The van der Waals surface area contributed by atoms with Crippen LogP contribution in [-0.2, 0) is 9.57 Å². The SMILES string of the molecule is CC1=NOC(C)C1c1cc(C(=O)c2ccccn2)c2nc(C3CC3)n(C(=O)OC(C)(C)C)c2c1. The van der Waals surface area contributed by atoms with E-state index in [0.717, 1.165) is 24.1 Å². The van der Waals surface area contributed by atoms with Gasteiger partial charge in [-0.05, 0) is 77.3 Å². The quantitative estimate of drug-likeness (QED) is 0.497. The Hall–Kier alpha value is -3.55. The highest BCUT2D eigenvalue weighted by Crippen LogP contribution is 2.42. The average molecular weight is 461 g/mol. The van der Waals surface area contributed by atoms with Gasteiger partial charge < -0.3 is 9.57 Å². The number of fused-ring (bicyclic) bond motifs is 1. The summed E-state index contributed by atoms with van der Waals surface area (Å²) in [5.74, 6) is 0.409. The number of hydrogen-bond acceptors (Lipinski definition) is 7. The maximum Gasteiger partial charge on any atom is 0.420 e. The molecule has 2 unspecified atom stereocenters. The Morgan fingerprint density at radius 3 is 2.53 bits per heavy atom. The van der Waals surface area contributed by atoms with E-state index in [1.165, 1.54) is 0 Å². The topological polar surface area (TPSA) is 95.7 Å². The molecular weight excluding hydrogens is 432 g/mol. The third kappa shape index (κ3) is 3.97. The van der Waals surface area contributed by atoms with Crippen LogP contribution < -0.4 is 0 Å². The van der Waals surface area contributed by atoms with Crippen LogP contribution in [0.3, 0.4) is 0 Å². The molecule has 1 aromatic carbocycles. The smallest absolute Gasteiger partial charge is 0.420 e. The van der Waals surface area contributed by atoms with E-state index in [0.29, 0.717) is 28.1 Å². The van der Waals surface area contributed by atoms with E-state index < -0.39 is 11.7 Å². The highest BCUT2D eigenvalue weighted by Gasteiger charge is 2.36. The van der Waals surface area contributed by atoms with E-state index in [-0.39, 0.29) is 23.7 Å². The first kappa shape index (κ1) is 22.3. The Labute approximate surface area is 198 Å². The highest BCUT2D eigenvalue weighted by atomic mass is 16.6. The second kappa shape index (κ2) is 8.04. The van der Waals surface area contributed by atoms with Crippen molar-refractivity contribution in [2.24, 2.45) is 5.16 Å². The van der Waals surface area contributed by atoms with E-state index in [1.54, 1.807) is 29.0 Å². The number of aromatic nitrogens is 3. The number of ether oxygens (including phenoxy) is 1. The van der Waals surface area contributed by atoms with Crippen molar-refractivity contribution < 1.29 is 19.2 Å². The molecule has 3 aromatic rings. The fourth-order valence-corrected chi connectivity index (χ4v) is 4.46. The Bertz CT molecular complexity index is 1320. The fourth-order valence-electron chi connectivity index (χ4n) is 4.46. The summed E-state index contributed by atoms with van der Waals surface area (Å²) in [5.41, 5.74) is 2.74. The molecule has 0 amide bonds. The Morgan fingerprint density at radius 1 is 1.18 bits per heavy atom. The van der Waals surface area contributed by atoms with Crippen molar-refractivity contribution in [3.05, 3.63) is 59.2 Å². The third-order valence-corrected chi connectivity index (χ3v) is 6.11. The second-order valence-corrected chi connectivity index (χ2v) is 10.1. The van der Waals surface area contributed by atoms with Gasteiger partial charge in [-0.1, -0.05) is 11.2 Å². The van der Waals surface area contributed by atoms with Gasteiger partial charge in [-0.25, -0.2) is 14.3 Å². The molecule has 0 N–H and O–H groups in total. The molecule has 5 rings (SSSR count). The predicted molar refractivity (Wildman–Crippen MR) is 127 cm³/mol. The lowest BCUT2D eigenvalue weighted by molar-refractivity contribution is 0.0538. The van der Waals surface area contributed by atoms with Crippen molar-refractivity contribution in [3.8, 4) is 0 Å². The van der Waals surface area contributed by atoms with Crippen LogP contribution in [0.2, 0.25) is 0 Å². The maximum atomic E-state index is 13.6. The zero-order valence-electron chi connectivity index (χ0n) is 20.0. The van der Waals surface area contributed by atoms with E-state index in [2.05, 4.69) is 10.1 Å². The Kier molecular flexibility index (Phi) is 5.26. The largest absolute Gasteiger partial charge is 0.443 e. The first-order valence-electron chi connectivity index (χ1n) is 11.6.